The molecule has 0 aliphatic heterocycles. The molecule has 0 amide bonds. The summed E-state index contributed by atoms with van der Waals surface area (Å²) in [6.07, 6.45) is 0. The Bertz CT molecular complexity index is 915. The Kier molecular flexibility index (Phi) is 6.06. The lowest BCUT2D eigenvalue weighted by molar-refractivity contribution is 0.0728. The molecule has 2 aromatic carbocycles. The predicted molar refractivity (Wildman–Crippen MR) is 107 cm³/mol. The first-order valence-electron chi connectivity index (χ1n) is 7.86. The van der Waals surface area contributed by atoms with Crippen LogP contribution < -0.4 is 9.47 Å². The highest BCUT2D eigenvalue weighted by atomic mass is 79.9. The number of rotatable bonds is 5. The van der Waals surface area contributed by atoms with Crippen molar-refractivity contribution in [1.29, 1.82) is 0 Å². The topological polar surface area (TPSA) is 48.4 Å². The van der Waals surface area contributed by atoms with Crippen LogP contribution in [0, 0.1) is 6.92 Å². The van der Waals surface area contributed by atoms with Crippen LogP contribution >= 0.6 is 31.9 Å². The van der Waals surface area contributed by atoms with Gasteiger partial charge < -0.3 is 9.47 Å². The Morgan fingerprint density at radius 1 is 0.962 bits per heavy atom. The minimum absolute atomic E-state index is 0.313. The zero-order chi connectivity index (χ0) is 18.5. The van der Waals surface area contributed by atoms with Crippen molar-refractivity contribution >= 4 is 37.8 Å². The maximum absolute atomic E-state index is 12.8. The molecular formula is C20H15Br2NO3. The van der Waals surface area contributed by atoms with Crippen molar-refractivity contribution in [2.75, 3.05) is 0 Å². The molecule has 3 aromatic rings. The van der Waals surface area contributed by atoms with E-state index in [1.54, 1.807) is 31.2 Å². The van der Waals surface area contributed by atoms with Gasteiger partial charge in [0.1, 0.15) is 27.1 Å². The van der Waals surface area contributed by atoms with E-state index in [1.165, 1.54) is 0 Å². The maximum Gasteiger partial charge on any atom is 0.347 e. The minimum atomic E-state index is -0.499. The number of benzene rings is 2. The number of hydrogen-bond acceptors (Lipinski definition) is 4. The van der Waals surface area contributed by atoms with Gasteiger partial charge in [-0.3, -0.25) is 0 Å². The number of carbonyl (C=O) groups is 1. The molecule has 0 bridgehead atoms. The smallest absolute Gasteiger partial charge is 0.347 e. The van der Waals surface area contributed by atoms with Crippen LogP contribution in [0.5, 0.6) is 11.5 Å². The molecule has 3 rings (SSSR count). The van der Waals surface area contributed by atoms with Crippen LogP contribution in [0.1, 0.15) is 21.5 Å². The van der Waals surface area contributed by atoms with E-state index in [9.17, 15) is 4.79 Å². The number of ether oxygens (including phenoxy) is 2. The molecule has 132 valence electrons. The van der Waals surface area contributed by atoms with Crippen molar-refractivity contribution in [3.05, 3.63) is 86.6 Å². The van der Waals surface area contributed by atoms with Crippen molar-refractivity contribution in [3.8, 4) is 11.5 Å². The van der Waals surface area contributed by atoms with E-state index in [-0.39, 0.29) is 0 Å². The molecule has 1 aromatic heterocycles. The van der Waals surface area contributed by atoms with Gasteiger partial charge in [0.25, 0.3) is 0 Å². The van der Waals surface area contributed by atoms with Crippen LogP contribution in [0.4, 0.5) is 0 Å². The highest BCUT2D eigenvalue weighted by molar-refractivity contribution is 9.11. The predicted octanol–water partition coefficient (Wildman–Crippen LogP) is 5.71. The average molecular weight is 477 g/mol. The van der Waals surface area contributed by atoms with Crippen molar-refractivity contribution in [2.24, 2.45) is 0 Å². The number of halogens is 2. The summed E-state index contributed by atoms with van der Waals surface area (Å²) in [6.45, 7) is 2.11. The fourth-order valence-electron chi connectivity index (χ4n) is 2.35. The monoisotopic (exact) mass is 475 g/mol. The largest absolute Gasteiger partial charge is 0.485 e. The van der Waals surface area contributed by atoms with Crippen LogP contribution in [0.15, 0.2) is 69.9 Å². The number of nitrogens with zero attached hydrogens (tertiary/aromatic N) is 1. The SMILES string of the molecule is Cc1c(Br)nc(Br)c(OCc2ccccc2)c1C(=O)Oc1ccccc1. The summed E-state index contributed by atoms with van der Waals surface area (Å²) in [7, 11) is 0. The van der Waals surface area contributed by atoms with Crippen LogP contribution in [0.3, 0.4) is 0 Å². The van der Waals surface area contributed by atoms with Gasteiger partial charge in [0, 0.05) is 5.56 Å². The van der Waals surface area contributed by atoms with Crippen LogP contribution in [0.2, 0.25) is 0 Å². The number of pyridine rings is 1. The molecule has 0 spiro atoms. The molecule has 6 heteroatoms. The number of esters is 1. The molecule has 0 saturated carbocycles. The quantitative estimate of drug-likeness (QED) is 0.268. The molecule has 0 radical (unpaired) electrons. The first-order chi connectivity index (χ1) is 12.6. The summed E-state index contributed by atoms with van der Waals surface area (Å²) in [6, 6.07) is 18.6. The molecule has 26 heavy (non-hydrogen) atoms. The third kappa shape index (κ3) is 4.31. The number of carbonyl (C=O) groups excluding carboxylic acids is 1. The van der Waals surface area contributed by atoms with E-state index in [1.807, 2.05) is 36.4 Å². The van der Waals surface area contributed by atoms with E-state index in [4.69, 9.17) is 9.47 Å². The summed E-state index contributed by atoms with van der Waals surface area (Å²) in [4.78, 5) is 17.1. The van der Waals surface area contributed by atoms with Crippen LogP contribution in [-0.4, -0.2) is 11.0 Å². The summed E-state index contributed by atoms with van der Waals surface area (Å²) in [5, 5.41) is 0. The number of hydrogen-bond donors (Lipinski definition) is 0. The first kappa shape index (κ1) is 18.6. The highest BCUT2D eigenvalue weighted by Gasteiger charge is 2.24. The lowest BCUT2D eigenvalue weighted by atomic mass is 10.1. The molecule has 0 fully saturated rings. The molecule has 0 saturated heterocycles. The second-order valence-corrected chi connectivity index (χ2v) is 7.00. The third-order valence-electron chi connectivity index (χ3n) is 3.68. The lowest BCUT2D eigenvalue weighted by Gasteiger charge is -2.15. The van der Waals surface area contributed by atoms with Gasteiger partial charge in [-0.05, 0) is 56.5 Å². The van der Waals surface area contributed by atoms with Crippen molar-refractivity contribution in [1.82, 2.24) is 4.98 Å². The normalized spacial score (nSPS) is 10.4. The molecule has 0 unspecified atom stereocenters. The second kappa shape index (κ2) is 8.47. The summed E-state index contributed by atoms with van der Waals surface area (Å²) in [5.41, 5.74) is 1.97. The van der Waals surface area contributed by atoms with Crippen molar-refractivity contribution in [3.63, 3.8) is 0 Å². The third-order valence-corrected chi connectivity index (χ3v) is 4.99. The van der Waals surface area contributed by atoms with Crippen LogP contribution in [-0.2, 0) is 6.61 Å². The zero-order valence-electron chi connectivity index (χ0n) is 13.9. The van der Waals surface area contributed by atoms with Crippen LogP contribution in [0.25, 0.3) is 0 Å². The molecular weight excluding hydrogens is 462 g/mol. The van der Waals surface area contributed by atoms with Gasteiger partial charge in [-0.2, -0.15) is 0 Å². The van der Waals surface area contributed by atoms with E-state index >= 15 is 0 Å². The molecule has 1 heterocycles. The Labute approximate surface area is 168 Å². The van der Waals surface area contributed by atoms with Crippen molar-refractivity contribution < 1.29 is 14.3 Å². The second-order valence-electron chi connectivity index (χ2n) is 5.50. The maximum atomic E-state index is 12.8. The van der Waals surface area contributed by atoms with Crippen molar-refractivity contribution in [2.45, 2.75) is 13.5 Å². The van der Waals surface area contributed by atoms with Gasteiger partial charge in [0.05, 0.1) is 0 Å². The molecule has 0 aliphatic rings. The lowest BCUT2D eigenvalue weighted by Crippen LogP contribution is -2.14. The zero-order valence-corrected chi connectivity index (χ0v) is 17.1. The fraction of sp³-hybridized carbons (Fsp3) is 0.100. The fourth-order valence-corrected chi connectivity index (χ4v) is 3.45. The standard InChI is InChI=1S/C20H15Br2NO3/c1-13-16(20(24)26-15-10-6-3-7-11-15)17(19(22)23-18(13)21)25-12-14-8-4-2-5-9-14/h2-11H,12H2,1H3. The highest BCUT2D eigenvalue weighted by Crippen LogP contribution is 2.35. The number of para-hydroxylation sites is 1. The van der Waals surface area contributed by atoms with E-state index < -0.39 is 5.97 Å². The summed E-state index contributed by atoms with van der Waals surface area (Å²) >= 11 is 6.76. The Hall–Kier alpha value is -2.18. The Morgan fingerprint density at radius 3 is 2.23 bits per heavy atom. The first-order valence-corrected chi connectivity index (χ1v) is 9.44. The summed E-state index contributed by atoms with van der Waals surface area (Å²) in [5.74, 6) is 0.325. The van der Waals surface area contributed by atoms with Gasteiger partial charge in [-0.25, -0.2) is 9.78 Å². The van der Waals surface area contributed by atoms with E-state index in [0.717, 1.165) is 5.56 Å². The van der Waals surface area contributed by atoms with Gasteiger partial charge >= 0.3 is 5.97 Å². The average Bonchev–Trinajstić information content (AvgIpc) is 2.65. The van der Waals surface area contributed by atoms with Gasteiger partial charge in [0.2, 0.25) is 0 Å². The van der Waals surface area contributed by atoms with E-state index in [0.29, 0.717) is 38.4 Å². The minimum Gasteiger partial charge on any atom is -0.485 e. The molecule has 0 atom stereocenters. The van der Waals surface area contributed by atoms with Gasteiger partial charge in [-0.1, -0.05) is 48.5 Å². The number of aromatic nitrogens is 1. The van der Waals surface area contributed by atoms with Gasteiger partial charge in [-0.15, -0.1) is 0 Å². The molecule has 0 N–H and O–H groups in total. The summed E-state index contributed by atoms with van der Waals surface area (Å²) < 4.78 is 12.4. The molecule has 0 aliphatic carbocycles. The molecule has 4 nitrogen and oxygen atoms in total. The Balaban J connectivity index is 1.93. The van der Waals surface area contributed by atoms with Gasteiger partial charge in [0.15, 0.2) is 5.75 Å². The Morgan fingerprint density at radius 2 is 1.58 bits per heavy atom. The van der Waals surface area contributed by atoms with E-state index in [2.05, 4.69) is 36.8 Å².